The zero-order chi connectivity index (χ0) is 12.9. The maximum atomic E-state index is 12.3. The van der Waals surface area contributed by atoms with Crippen molar-refractivity contribution >= 4 is 5.82 Å². The first-order chi connectivity index (χ1) is 7.97. The molecule has 1 aromatic heterocycles. The molecule has 0 radical (unpaired) electrons. The molecule has 2 nitrogen and oxygen atoms in total. The van der Waals surface area contributed by atoms with Crippen molar-refractivity contribution in [1.29, 1.82) is 0 Å². The lowest BCUT2D eigenvalue weighted by Gasteiger charge is -2.15. The molecule has 92 valence electrons. The Bertz CT molecular complexity index is 390. The SMILES string of the molecule is C#CCC(CC)Nc1ccc(C(F)(F)F)cn1. The van der Waals surface area contributed by atoms with Gasteiger partial charge in [-0.25, -0.2) is 4.98 Å². The van der Waals surface area contributed by atoms with E-state index in [1.54, 1.807) is 0 Å². The fraction of sp³-hybridized carbons (Fsp3) is 0.417. The molecular formula is C12H13F3N2. The van der Waals surface area contributed by atoms with Crippen LogP contribution in [0, 0.1) is 12.3 Å². The van der Waals surface area contributed by atoms with Crippen LogP contribution in [0.15, 0.2) is 18.3 Å². The van der Waals surface area contributed by atoms with Crippen molar-refractivity contribution < 1.29 is 13.2 Å². The van der Waals surface area contributed by atoms with E-state index in [2.05, 4.69) is 16.2 Å². The van der Waals surface area contributed by atoms with Gasteiger partial charge in [0.15, 0.2) is 0 Å². The number of anilines is 1. The van der Waals surface area contributed by atoms with Crippen LogP contribution in [-0.2, 0) is 6.18 Å². The summed E-state index contributed by atoms with van der Waals surface area (Å²) in [7, 11) is 0. The highest BCUT2D eigenvalue weighted by Gasteiger charge is 2.30. The van der Waals surface area contributed by atoms with E-state index in [9.17, 15) is 13.2 Å². The summed E-state index contributed by atoms with van der Waals surface area (Å²) in [6.45, 7) is 1.94. The number of hydrogen-bond acceptors (Lipinski definition) is 2. The molecule has 0 aliphatic rings. The Hall–Kier alpha value is -1.70. The Labute approximate surface area is 98.3 Å². The lowest BCUT2D eigenvalue weighted by atomic mass is 10.1. The van der Waals surface area contributed by atoms with Gasteiger partial charge < -0.3 is 5.32 Å². The topological polar surface area (TPSA) is 24.9 Å². The predicted octanol–water partition coefficient (Wildman–Crippen LogP) is 3.31. The smallest absolute Gasteiger partial charge is 0.366 e. The van der Waals surface area contributed by atoms with Crippen LogP contribution in [-0.4, -0.2) is 11.0 Å². The molecule has 0 saturated carbocycles. The molecule has 1 rings (SSSR count). The number of rotatable bonds is 4. The van der Waals surface area contributed by atoms with Gasteiger partial charge in [-0.05, 0) is 18.6 Å². The number of aromatic nitrogens is 1. The van der Waals surface area contributed by atoms with Crippen LogP contribution in [0.4, 0.5) is 19.0 Å². The van der Waals surface area contributed by atoms with Gasteiger partial charge in [0.25, 0.3) is 0 Å². The lowest BCUT2D eigenvalue weighted by molar-refractivity contribution is -0.137. The molecule has 0 aliphatic heterocycles. The molecule has 0 aliphatic carbocycles. The average molecular weight is 242 g/mol. The van der Waals surface area contributed by atoms with E-state index in [-0.39, 0.29) is 6.04 Å². The number of terminal acetylenes is 1. The molecule has 0 saturated heterocycles. The molecule has 1 atom stereocenters. The Balaban J connectivity index is 2.72. The monoisotopic (exact) mass is 242 g/mol. The van der Waals surface area contributed by atoms with Crippen molar-refractivity contribution in [1.82, 2.24) is 4.98 Å². The van der Waals surface area contributed by atoms with Gasteiger partial charge in [-0.2, -0.15) is 13.2 Å². The number of nitrogens with zero attached hydrogens (tertiary/aromatic N) is 1. The van der Waals surface area contributed by atoms with E-state index in [0.29, 0.717) is 12.2 Å². The first-order valence-corrected chi connectivity index (χ1v) is 5.20. The third-order valence-corrected chi connectivity index (χ3v) is 2.30. The van der Waals surface area contributed by atoms with Crippen LogP contribution in [0.1, 0.15) is 25.3 Å². The van der Waals surface area contributed by atoms with Gasteiger partial charge in [0.2, 0.25) is 0 Å². The summed E-state index contributed by atoms with van der Waals surface area (Å²) in [5.74, 6) is 2.91. The molecule has 5 heteroatoms. The minimum atomic E-state index is -4.35. The number of hydrogen-bond donors (Lipinski definition) is 1. The van der Waals surface area contributed by atoms with E-state index < -0.39 is 11.7 Å². The van der Waals surface area contributed by atoms with Gasteiger partial charge in [-0.15, -0.1) is 12.3 Å². The molecular weight excluding hydrogens is 229 g/mol. The highest BCUT2D eigenvalue weighted by atomic mass is 19.4. The minimum Gasteiger partial charge on any atom is -0.366 e. The number of nitrogens with one attached hydrogen (secondary N) is 1. The average Bonchev–Trinajstić information content (AvgIpc) is 2.28. The van der Waals surface area contributed by atoms with Gasteiger partial charge in [0.05, 0.1) is 5.56 Å². The molecule has 17 heavy (non-hydrogen) atoms. The summed E-state index contributed by atoms with van der Waals surface area (Å²) in [4.78, 5) is 3.72. The van der Waals surface area contributed by atoms with Crippen LogP contribution in [0.2, 0.25) is 0 Å². The van der Waals surface area contributed by atoms with Gasteiger partial charge in [-0.3, -0.25) is 0 Å². The normalized spacial score (nSPS) is 12.9. The van der Waals surface area contributed by atoms with Crippen LogP contribution < -0.4 is 5.32 Å². The second kappa shape index (κ2) is 5.58. The standard InChI is InChI=1S/C12H13F3N2/c1-3-5-10(4-2)17-11-7-6-9(8-16-11)12(13,14)15/h1,6-8,10H,4-5H2,2H3,(H,16,17). The van der Waals surface area contributed by atoms with E-state index >= 15 is 0 Å². The predicted molar refractivity (Wildman–Crippen MR) is 60.4 cm³/mol. The Morgan fingerprint density at radius 3 is 2.59 bits per heavy atom. The summed E-state index contributed by atoms with van der Waals surface area (Å²) in [5.41, 5.74) is -0.756. The molecule has 0 bridgehead atoms. The first-order valence-electron chi connectivity index (χ1n) is 5.20. The molecule has 1 N–H and O–H groups in total. The molecule has 0 spiro atoms. The fourth-order valence-electron chi connectivity index (χ4n) is 1.30. The van der Waals surface area contributed by atoms with E-state index in [4.69, 9.17) is 6.42 Å². The summed E-state index contributed by atoms with van der Waals surface area (Å²) in [5, 5.41) is 2.99. The largest absolute Gasteiger partial charge is 0.417 e. The van der Waals surface area contributed by atoms with Crippen molar-refractivity contribution in [2.45, 2.75) is 32.0 Å². The van der Waals surface area contributed by atoms with E-state index in [1.165, 1.54) is 6.07 Å². The second-order valence-corrected chi connectivity index (χ2v) is 3.59. The Morgan fingerprint density at radius 2 is 2.18 bits per heavy atom. The first kappa shape index (κ1) is 13.4. The minimum absolute atomic E-state index is 0.0317. The zero-order valence-electron chi connectivity index (χ0n) is 9.38. The third-order valence-electron chi connectivity index (χ3n) is 2.30. The molecule has 0 fully saturated rings. The van der Waals surface area contributed by atoms with E-state index in [1.807, 2.05) is 6.92 Å². The van der Waals surface area contributed by atoms with Gasteiger partial charge in [0.1, 0.15) is 5.82 Å². The van der Waals surface area contributed by atoms with Gasteiger partial charge in [-0.1, -0.05) is 6.92 Å². The molecule has 1 aromatic rings. The molecule has 1 heterocycles. The van der Waals surface area contributed by atoms with E-state index in [0.717, 1.165) is 18.7 Å². The number of pyridine rings is 1. The van der Waals surface area contributed by atoms with Crippen LogP contribution in [0.3, 0.4) is 0 Å². The maximum absolute atomic E-state index is 12.3. The van der Waals surface area contributed by atoms with Gasteiger partial charge in [0, 0.05) is 18.7 Å². The highest BCUT2D eigenvalue weighted by molar-refractivity contribution is 5.37. The lowest BCUT2D eigenvalue weighted by Crippen LogP contribution is -2.18. The number of halogens is 3. The summed E-state index contributed by atoms with van der Waals surface area (Å²) in [6.07, 6.45) is 2.94. The molecule has 1 unspecified atom stereocenters. The summed E-state index contributed by atoms with van der Waals surface area (Å²) < 4.78 is 36.8. The number of alkyl halides is 3. The Kier molecular flexibility index (Phi) is 4.38. The maximum Gasteiger partial charge on any atom is 0.417 e. The fourth-order valence-corrected chi connectivity index (χ4v) is 1.30. The van der Waals surface area contributed by atoms with Crippen molar-refractivity contribution in [3.05, 3.63) is 23.9 Å². The second-order valence-electron chi connectivity index (χ2n) is 3.59. The Morgan fingerprint density at radius 1 is 1.47 bits per heavy atom. The van der Waals surface area contributed by atoms with Crippen LogP contribution in [0.5, 0.6) is 0 Å². The van der Waals surface area contributed by atoms with Crippen molar-refractivity contribution in [2.75, 3.05) is 5.32 Å². The van der Waals surface area contributed by atoms with Crippen molar-refractivity contribution in [3.63, 3.8) is 0 Å². The van der Waals surface area contributed by atoms with Crippen LogP contribution >= 0.6 is 0 Å². The molecule has 0 aromatic carbocycles. The summed E-state index contributed by atoms with van der Waals surface area (Å²) >= 11 is 0. The quantitative estimate of drug-likeness (QED) is 0.819. The third kappa shape index (κ3) is 3.99. The van der Waals surface area contributed by atoms with Crippen molar-refractivity contribution in [3.8, 4) is 12.3 Å². The summed E-state index contributed by atoms with van der Waals surface area (Å²) in [6, 6.07) is 2.34. The van der Waals surface area contributed by atoms with Crippen LogP contribution in [0.25, 0.3) is 0 Å². The molecule has 0 amide bonds. The van der Waals surface area contributed by atoms with Gasteiger partial charge >= 0.3 is 6.18 Å². The van der Waals surface area contributed by atoms with Crippen molar-refractivity contribution in [2.24, 2.45) is 0 Å². The highest BCUT2D eigenvalue weighted by Crippen LogP contribution is 2.28. The zero-order valence-corrected chi connectivity index (χ0v) is 9.38.